The number of nitrogens with two attached hydrogens (primary N) is 1. The highest BCUT2D eigenvalue weighted by atomic mass is 35.5. The Balaban J connectivity index is 0.00000147. The average Bonchev–Trinajstić information content (AvgIpc) is 3.17. The van der Waals surface area contributed by atoms with Crippen molar-refractivity contribution in [1.82, 2.24) is 24.7 Å². The first kappa shape index (κ1) is 14.4. The fourth-order valence-corrected chi connectivity index (χ4v) is 1.84. The van der Waals surface area contributed by atoms with Crippen molar-refractivity contribution < 1.29 is 0 Å². The minimum atomic E-state index is -0.250. The molecule has 20 heavy (non-hydrogen) atoms. The molecule has 0 saturated heterocycles. The van der Waals surface area contributed by atoms with Crippen molar-refractivity contribution in [2.75, 3.05) is 0 Å². The van der Waals surface area contributed by atoms with E-state index in [1.165, 1.54) is 6.33 Å². The van der Waals surface area contributed by atoms with Gasteiger partial charge < -0.3 is 5.73 Å². The van der Waals surface area contributed by atoms with Gasteiger partial charge in [-0.05, 0) is 19.8 Å². The zero-order valence-corrected chi connectivity index (χ0v) is 11.7. The molecule has 0 amide bonds. The molecule has 104 valence electrons. The molecule has 0 aliphatic heterocycles. The summed E-state index contributed by atoms with van der Waals surface area (Å²) in [5.74, 6) is 2.43. The molecule has 8 heteroatoms. The molecule has 3 rings (SSSR count). The topological polar surface area (TPSA) is 106 Å². The van der Waals surface area contributed by atoms with Gasteiger partial charge in [0.2, 0.25) is 0 Å². The lowest BCUT2D eigenvalue weighted by molar-refractivity contribution is 0.678. The van der Waals surface area contributed by atoms with Gasteiger partial charge in [0.05, 0.1) is 6.04 Å². The van der Waals surface area contributed by atoms with Crippen LogP contribution in [-0.4, -0.2) is 24.7 Å². The van der Waals surface area contributed by atoms with Crippen LogP contribution in [0.4, 0.5) is 0 Å². The third kappa shape index (κ3) is 2.61. The van der Waals surface area contributed by atoms with Crippen molar-refractivity contribution in [2.24, 2.45) is 5.73 Å². The molecule has 1 fully saturated rings. The summed E-state index contributed by atoms with van der Waals surface area (Å²) < 4.78 is 1.61. The molecular formula is C12H14ClN7. The molecule has 0 aromatic carbocycles. The van der Waals surface area contributed by atoms with E-state index in [-0.39, 0.29) is 18.4 Å². The molecule has 0 spiro atoms. The van der Waals surface area contributed by atoms with Crippen LogP contribution >= 0.6 is 12.4 Å². The van der Waals surface area contributed by atoms with Crippen LogP contribution in [0.15, 0.2) is 12.4 Å². The van der Waals surface area contributed by atoms with Gasteiger partial charge in [0.25, 0.3) is 0 Å². The number of nitriles is 1. The van der Waals surface area contributed by atoms with Gasteiger partial charge in [-0.15, -0.1) is 17.5 Å². The molecule has 0 radical (unpaired) electrons. The Bertz CT molecular complexity index is 654. The van der Waals surface area contributed by atoms with E-state index in [0.29, 0.717) is 23.3 Å². The number of nitrogens with zero attached hydrogens (tertiary/aromatic N) is 6. The molecule has 1 aliphatic rings. The largest absolute Gasteiger partial charge is 0.322 e. The van der Waals surface area contributed by atoms with Crippen LogP contribution in [-0.2, 0) is 0 Å². The van der Waals surface area contributed by atoms with Crippen molar-refractivity contribution in [2.45, 2.75) is 31.7 Å². The molecule has 2 aromatic rings. The third-order valence-corrected chi connectivity index (χ3v) is 2.98. The predicted octanol–water partition coefficient (Wildman–Crippen LogP) is 1.25. The summed E-state index contributed by atoms with van der Waals surface area (Å²) in [6.07, 6.45) is 3.59. The highest BCUT2D eigenvalue weighted by Crippen LogP contribution is 2.38. The van der Waals surface area contributed by atoms with Gasteiger partial charge in [0, 0.05) is 12.0 Å². The van der Waals surface area contributed by atoms with Gasteiger partial charge in [-0.2, -0.15) is 9.94 Å². The Labute approximate surface area is 122 Å². The number of aromatic nitrogens is 5. The van der Waals surface area contributed by atoms with E-state index in [4.69, 9.17) is 11.0 Å². The van der Waals surface area contributed by atoms with Crippen molar-refractivity contribution in [3.63, 3.8) is 0 Å². The number of halogens is 1. The van der Waals surface area contributed by atoms with E-state index in [9.17, 15) is 0 Å². The van der Waals surface area contributed by atoms with Crippen molar-refractivity contribution >= 4 is 12.4 Å². The zero-order chi connectivity index (χ0) is 13.4. The summed E-state index contributed by atoms with van der Waals surface area (Å²) in [5, 5.41) is 13.3. The number of rotatable bonds is 3. The van der Waals surface area contributed by atoms with Crippen LogP contribution in [0, 0.1) is 11.3 Å². The van der Waals surface area contributed by atoms with Gasteiger partial charge in [0.15, 0.2) is 17.5 Å². The lowest BCUT2D eigenvalue weighted by Gasteiger charge is -2.06. The highest BCUT2D eigenvalue weighted by Gasteiger charge is 2.30. The summed E-state index contributed by atoms with van der Waals surface area (Å²) in [6, 6.07) is 3.31. The smallest absolute Gasteiger partial charge is 0.160 e. The molecule has 0 unspecified atom stereocenters. The Kier molecular flexibility index (Phi) is 3.97. The van der Waals surface area contributed by atoms with Crippen molar-refractivity contribution in [3.8, 4) is 11.9 Å². The monoisotopic (exact) mass is 291 g/mol. The van der Waals surface area contributed by atoms with Gasteiger partial charge in [-0.25, -0.2) is 15.0 Å². The van der Waals surface area contributed by atoms with Crippen molar-refractivity contribution in [3.05, 3.63) is 29.7 Å². The van der Waals surface area contributed by atoms with Crippen LogP contribution in [0.2, 0.25) is 0 Å². The molecule has 2 N–H and O–H groups in total. The van der Waals surface area contributed by atoms with Gasteiger partial charge in [-0.1, -0.05) is 0 Å². The van der Waals surface area contributed by atoms with Crippen LogP contribution in [0.5, 0.6) is 0 Å². The maximum absolute atomic E-state index is 8.88. The Morgan fingerprint density at radius 1 is 1.45 bits per heavy atom. The Morgan fingerprint density at radius 3 is 2.80 bits per heavy atom. The van der Waals surface area contributed by atoms with E-state index < -0.39 is 0 Å². The Morgan fingerprint density at radius 2 is 2.20 bits per heavy atom. The number of hydrogen-bond donors (Lipinski definition) is 1. The minimum absolute atomic E-state index is 0. The fraction of sp³-hybridized carbons (Fsp3) is 0.417. The average molecular weight is 292 g/mol. The lowest BCUT2D eigenvalue weighted by Crippen LogP contribution is -2.14. The highest BCUT2D eigenvalue weighted by molar-refractivity contribution is 5.85. The van der Waals surface area contributed by atoms with E-state index >= 15 is 0 Å². The number of hydrogen-bond acceptors (Lipinski definition) is 6. The molecule has 2 heterocycles. The first-order chi connectivity index (χ1) is 9.19. The van der Waals surface area contributed by atoms with Crippen LogP contribution in [0.1, 0.15) is 49.1 Å². The quantitative estimate of drug-likeness (QED) is 0.912. The molecule has 1 atom stereocenters. The molecule has 2 aromatic heterocycles. The first-order valence-corrected chi connectivity index (χ1v) is 6.14. The van der Waals surface area contributed by atoms with Crippen LogP contribution < -0.4 is 5.73 Å². The summed E-state index contributed by atoms with van der Waals surface area (Å²) >= 11 is 0. The second kappa shape index (κ2) is 5.53. The zero-order valence-electron chi connectivity index (χ0n) is 10.9. The minimum Gasteiger partial charge on any atom is -0.322 e. The second-order valence-corrected chi connectivity index (χ2v) is 4.68. The SMILES string of the molecule is C[C@H](N)c1nc(C2CC2)nn1-c1cc(C#N)ncn1.Cl. The van der Waals surface area contributed by atoms with E-state index in [2.05, 4.69) is 20.1 Å². The van der Waals surface area contributed by atoms with E-state index in [1.54, 1.807) is 10.7 Å². The maximum atomic E-state index is 8.88. The lowest BCUT2D eigenvalue weighted by atomic mass is 10.3. The van der Waals surface area contributed by atoms with Gasteiger partial charge >= 0.3 is 0 Å². The third-order valence-electron chi connectivity index (χ3n) is 2.98. The van der Waals surface area contributed by atoms with E-state index in [1.807, 2.05) is 13.0 Å². The van der Waals surface area contributed by atoms with Crippen molar-refractivity contribution in [1.29, 1.82) is 5.26 Å². The standard InChI is InChI=1S/C12H13N7.ClH/c1-7(14)12-17-11(8-2-3-8)18-19(12)10-4-9(5-13)15-6-16-10;/h4,6-8H,2-3,14H2,1H3;1H/t7-;/m0./s1. The van der Waals surface area contributed by atoms with Gasteiger partial charge in [0.1, 0.15) is 18.1 Å². The molecule has 7 nitrogen and oxygen atoms in total. The molecule has 1 saturated carbocycles. The second-order valence-electron chi connectivity index (χ2n) is 4.68. The Hall–Kier alpha value is -2.04. The normalized spacial score (nSPS) is 15.2. The van der Waals surface area contributed by atoms with Gasteiger partial charge in [-0.3, -0.25) is 0 Å². The van der Waals surface area contributed by atoms with E-state index in [0.717, 1.165) is 18.7 Å². The summed E-state index contributed by atoms with van der Waals surface area (Å²) in [5.41, 5.74) is 6.22. The molecule has 0 bridgehead atoms. The summed E-state index contributed by atoms with van der Waals surface area (Å²) in [6.45, 7) is 1.85. The maximum Gasteiger partial charge on any atom is 0.160 e. The predicted molar refractivity (Wildman–Crippen MR) is 73.5 cm³/mol. The summed E-state index contributed by atoms with van der Waals surface area (Å²) in [4.78, 5) is 12.5. The molecule has 1 aliphatic carbocycles. The van der Waals surface area contributed by atoms with Crippen LogP contribution in [0.25, 0.3) is 5.82 Å². The van der Waals surface area contributed by atoms with Crippen LogP contribution in [0.3, 0.4) is 0 Å². The fourth-order valence-electron chi connectivity index (χ4n) is 1.84. The summed E-state index contributed by atoms with van der Waals surface area (Å²) in [7, 11) is 0. The molecular weight excluding hydrogens is 278 g/mol. The first-order valence-electron chi connectivity index (χ1n) is 6.14.